The van der Waals surface area contributed by atoms with Crippen molar-refractivity contribution < 1.29 is 4.79 Å². The molecule has 2 heterocycles. The van der Waals surface area contributed by atoms with E-state index >= 15 is 0 Å². The summed E-state index contributed by atoms with van der Waals surface area (Å²) in [7, 11) is 1.83. The molecule has 1 saturated heterocycles. The second-order valence-electron chi connectivity index (χ2n) is 3.08. The van der Waals surface area contributed by atoms with Crippen LogP contribution in [0.1, 0.15) is 6.42 Å². The number of hydrogen-bond acceptors (Lipinski definition) is 4. The van der Waals surface area contributed by atoms with Gasteiger partial charge in [-0.25, -0.2) is 4.98 Å². The van der Waals surface area contributed by atoms with Crippen LogP contribution in [0.3, 0.4) is 0 Å². The van der Waals surface area contributed by atoms with Gasteiger partial charge in [0.05, 0.1) is 0 Å². The molecule has 1 amide bonds. The molecular formula is C8H11N3OS. The van der Waals surface area contributed by atoms with E-state index in [2.05, 4.69) is 10.3 Å². The Labute approximate surface area is 80.6 Å². The first-order chi connectivity index (χ1) is 6.27. The molecule has 1 aromatic rings. The summed E-state index contributed by atoms with van der Waals surface area (Å²) in [5.74, 6) is 0.162. The molecule has 1 N–H and O–H groups in total. The predicted octanol–water partition coefficient (Wildman–Crippen LogP) is 0.786. The van der Waals surface area contributed by atoms with E-state index in [0.29, 0.717) is 0 Å². The van der Waals surface area contributed by atoms with Gasteiger partial charge in [-0.3, -0.25) is 4.79 Å². The van der Waals surface area contributed by atoms with Crippen LogP contribution in [0.15, 0.2) is 11.6 Å². The Kier molecular flexibility index (Phi) is 2.18. The molecular weight excluding hydrogens is 186 g/mol. The molecule has 1 fully saturated rings. The van der Waals surface area contributed by atoms with Gasteiger partial charge in [0.2, 0.25) is 5.91 Å². The molecule has 70 valence electrons. The summed E-state index contributed by atoms with van der Waals surface area (Å²) in [6, 6.07) is -0.0730. The molecule has 0 aliphatic carbocycles. The van der Waals surface area contributed by atoms with Gasteiger partial charge < -0.3 is 10.2 Å². The van der Waals surface area contributed by atoms with Crippen molar-refractivity contribution in [3.8, 4) is 0 Å². The minimum atomic E-state index is -0.0730. The van der Waals surface area contributed by atoms with Gasteiger partial charge in [-0.15, -0.1) is 11.3 Å². The average Bonchev–Trinajstić information content (AvgIpc) is 2.71. The van der Waals surface area contributed by atoms with E-state index in [0.717, 1.165) is 18.1 Å². The fraction of sp³-hybridized carbons (Fsp3) is 0.500. The third-order valence-corrected chi connectivity index (χ3v) is 2.86. The van der Waals surface area contributed by atoms with Crippen LogP contribution in [0.25, 0.3) is 0 Å². The molecule has 1 aromatic heterocycles. The highest BCUT2D eigenvalue weighted by atomic mass is 32.1. The van der Waals surface area contributed by atoms with E-state index < -0.39 is 0 Å². The van der Waals surface area contributed by atoms with Crippen LogP contribution < -0.4 is 5.32 Å². The van der Waals surface area contributed by atoms with Crippen LogP contribution in [0.4, 0.5) is 5.13 Å². The SMILES string of the molecule is CN1CCC(Nc2nccs2)C1=O. The second-order valence-corrected chi connectivity index (χ2v) is 3.98. The van der Waals surface area contributed by atoms with Crippen molar-refractivity contribution in [3.05, 3.63) is 11.6 Å². The van der Waals surface area contributed by atoms with Crippen LogP contribution in [0.5, 0.6) is 0 Å². The van der Waals surface area contributed by atoms with Crippen LogP contribution >= 0.6 is 11.3 Å². The third-order valence-electron chi connectivity index (χ3n) is 2.16. The molecule has 0 aromatic carbocycles. The highest BCUT2D eigenvalue weighted by Gasteiger charge is 2.29. The summed E-state index contributed by atoms with van der Waals surface area (Å²) < 4.78 is 0. The van der Waals surface area contributed by atoms with Crippen molar-refractivity contribution >= 4 is 22.4 Å². The number of carbonyl (C=O) groups is 1. The predicted molar refractivity (Wildman–Crippen MR) is 51.8 cm³/mol. The Morgan fingerprint density at radius 1 is 1.77 bits per heavy atom. The number of likely N-dealkylation sites (tertiary alicyclic amines) is 1. The summed E-state index contributed by atoms with van der Waals surface area (Å²) in [5.41, 5.74) is 0. The Morgan fingerprint density at radius 3 is 3.15 bits per heavy atom. The Morgan fingerprint density at radius 2 is 2.62 bits per heavy atom. The third kappa shape index (κ3) is 1.65. The second kappa shape index (κ2) is 3.33. The molecule has 0 spiro atoms. The number of amides is 1. The van der Waals surface area contributed by atoms with E-state index in [1.165, 1.54) is 11.3 Å². The first kappa shape index (κ1) is 8.50. The molecule has 1 atom stereocenters. The van der Waals surface area contributed by atoms with E-state index in [4.69, 9.17) is 0 Å². The van der Waals surface area contributed by atoms with Crippen molar-refractivity contribution in [1.82, 2.24) is 9.88 Å². The molecule has 2 rings (SSSR count). The normalized spacial score (nSPS) is 22.4. The molecule has 1 aliphatic heterocycles. The van der Waals surface area contributed by atoms with Crippen molar-refractivity contribution in [2.24, 2.45) is 0 Å². The lowest BCUT2D eigenvalue weighted by Crippen LogP contribution is -2.30. The van der Waals surface area contributed by atoms with E-state index in [1.807, 2.05) is 12.4 Å². The van der Waals surface area contributed by atoms with E-state index in [1.54, 1.807) is 11.1 Å². The van der Waals surface area contributed by atoms with Crippen LogP contribution in [-0.4, -0.2) is 35.4 Å². The standard InChI is InChI=1S/C8H11N3OS/c1-11-4-2-6(7(11)12)10-8-9-3-5-13-8/h3,5-6H,2,4H2,1H3,(H,9,10). The average molecular weight is 197 g/mol. The molecule has 4 nitrogen and oxygen atoms in total. The van der Waals surface area contributed by atoms with Gasteiger partial charge in [-0.1, -0.05) is 0 Å². The zero-order chi connectivity index (χ0) is 9.26. The van der Waals surface area contributed by atoms with Gasteiger partial charge in [0.15, 0.2) is 5.13 Å². The number of rotatable bonds is 2. The molecule has 13 heavy (non-hydrogen) atoms. The maximum atomic E-state index is 11.5. The molecule has 0 saturated carbocycles. The zero-order valence-corrected chi connectivity index (χ0v) is 8.17. The van der Waals surface area contributed by atoms with Gasteiger partial charge in [-0.2, -0.15) is 0 Å². The number of carbonyl (C=O) groups excluding carboxylic acids is 1. The number of nitrogens with one attached hydrogen (secondary N) is 1. The van der Waals surface area contributed by atoms with Crippen molar-refractivity contribution in [3.63, 3.8) is 0 Å². The first-order valence-corrected chi connectivity index (χ1v) is 5.06. The highest BCUT2D eigenvalue weighted by molar-refractivity contribution is 7.13. The lowest BCUT2D eigenvalue weighted by molar-refractivity contribution is -0.127. The fourth-order valence-corrected chi connectivity index (χ4v) is 1.98. The van der Waals surface area contributed by atoms with Gasteiger partial charge in [-0.05, 0) is 6.42 Å². The lowest BCUT2D eigenvalue weighted by Gasteiger charge is -2.10. The zero-order valence-electron chi connectivity index (χ0n) is 7.36. The van der Waals surface area contributed by atoms with Crippen molar-refractivity contribution in [1.29, 1.82) is 0 Å². The maximum Gasteiger partial charge on any atom is 0.244 e. The van der Waals surface area contributed by atoms with Crippen LogP contribution in [0, 0.1) is 0 Å². The van der Waals surface area contributed by atoms with Gasteiger partial charge in [0.1, 0.15) is 6.04 Å². The first-order valence-electron chi connectivity index (χ1n) is 4.18. The summed E-state index contributed by atoms with van der Waals surface area (Å²) in [6.07, 6.45) is 2.60. The van der Waals surface area contributed by atoms with Gasteiger partial charge in [0, 0.05) is 25.2 Å². The number of anilines is 1. The van der Waals surface area contributed by atoms with Crippen LogP contribution in [-0.2, 0) is 4.79 Å². The van der Waals surface area contributed by atoms with Crippen molar-refractivity contribution in [2.45, 2.75) is 12.5 Å². The van der Waals surface area contributed by atoms with E-state index in [-0.39, 0.29) is 11.9 Å². The van der Waals surface area contributed by atoms with E-state index in [9.17, 15) is 4.79 Å². The number of hydrogen-bond donors (Lipinski definition) is 1. The molecule has 0 radical (unpaired) electrons. The van der Waals surface area contributed by atoms with Gasteiger partial charge in [0.25, 0.3) is 0 Å². The van der Waals surface area contributed by atoms with Gasteiger partial charge >= 0.3 is 0 Å². The molecule has 1 unspecified atom stereocenters. The molecule has 5 heteroatoms. The fourth-order valence-electron chi connectivity index (χ4n) is 1.40. The largest absolute Gasteiger partial charge is 0.350 e. The Hall–Kier alpha value is -1.10. The number of likely N-dealkylation sites (N-methyl/N-ethyl adjacent to an activating group) is 1. The smallest absolute Gasteiger partial charge is 0.244 e. The molecule has 1 aliphatic rings. The minimum absolute atomic E-state index is 0.0730. The summed E-state index contributed by atoms with van der Waals surface area (Å²) >= 11 is 1.52. The molecule has 0 bridgehead atoms. The minimum Gasteiger partial charge on any atom is -0.350 e. The van der Waals surface area contributed by atoms with Crippen molar-refractivity contribution in [2.75, 3.05) is 18.9 Å². The number of aromatic nitrogens is 1. The quantitative estimate of drug-likeness (QED) is 0.762. The number of thiazole rings is 1. The number of nitrogens with zero attached hydrogens (tertiary/aromatic N) is 2. The lowest BCUT2D eigenvalue weighted by atomic mass is 10.2. The highest BCUT2D eigenvalue weighted by Crippen LogP contribution is 2.17. The topological polar surface area (TPSA) is 45.2 Å². The Balaban J connectivity index is 2.00. The summed E-state index contributed by atoms with van der Waals surface area (Å²) in [4.78, 5) is 17.3. The summed E-state index contributed by atoms with van der Waals surface area (Å²) in [5, 5.41) is 5.84. The van der Waals surface area contributed by atoms with Crippen LogP contribution in [0.2, 0.25) is 0 Å². The Bertz CT molecular complexity index is 298. The maximum absolute atomic E-state index is 11.5. The summed E-state index contributed by atoms with van der Waals surface area (Å²) in [6.45, 7) is 0.835. The monoisotopic (exact) mass is 197 g/mol.